The standard InChI is InChI=1S/C9H5ClINO2/c1-14-9(13)6-2-5(4-12)3-7(10)8(6)11/h2-3H,1H3. The predicted octanol–water partition coefficient (Wildman–Crippen LogP) is 2.60. The maximum absolute atomic E-state index is 11.3. The summed E-state index contributed by atoms with van der Waals surface area (Å²) >= 11 is 7.77. The van der Waals surface area contributed by atoms with Crippen LogP contribution >= 0.6 is 34.2 Å². The molecule has 0 amide bonds. The van der Waals surface area contributed by atoms with Gasteiger partial charge >= 0.3 is 5.97 Å². The molecule has 0 spiro atoms. The van der Waals surface area contributed by atoms with Gasteiger partial charge in [0.1, 0.15) is 0 Å². The van der Waals surface area contributed by atoms with E-state index in [0.29, 0.717) is 19.7 Å². The normalized spacial score (nSPS) is 9.29. The molecule has 0 aliphatic heterocycles. The number of carbonyl (C=O) groups excluding carboxylic acids is 1. The second-order valence-electron chi connectivity index (χ2n) is 2.42. The van der Waals surface area contributed by atoms with Gasteiger partial charge < -0.3 is 4.74 Å². The maximum Gasteiger partial charge on any atom is 0.339 e. The first kappa shape index (κ1) is 11.3. The average molecular weight is 322 g/mol. The van der Waals surface area contributed by atoms with Crippen LogP contribution in [0.25, 0.3) is 0 Å². The van der Waals surface area contributed by atoms with Gasteiger partial charge in [0.2, 0.25) is 0 Å². The second kappa shape index (κ2) is 4.62. The SMILES string of the molecule is COC(=O)c1cc(C#N)cc(Cl)c1I. The zero-order valence-corrected chi connectivity index (χ0v) is 10.1. The summed E-state index contributed by atoms with van der Waals surface area (Å²) in [6.45, 7) is 0. The first-order chi connectivity index (χ1) is 6.60. The van der Waals surface area contributed by atoms with Gasteiger partial charge in [-0.25, -0.2) is 4.79 Å². The Morgan fingerprint density at radius 2 is 2.29 bits per heavy atom. The summed E-state index contributed by atoms with van der Waals surface area (Å²) in [5.41, 5.74) is 0.660. The van der Waals surface area contributed by atoms with E-state index in [2.05, 4.69) is 4.74 Å². The van der Waals surface area contributed by atoms with Gasteiger partial charge in [0.05, 0.1) is 29.3 Å². The maximum atomic E-state index is 11.3. The Bertz CT molecular complexity index is 426. The average Bonchev–Trinajstić information content (AvgIpc) is 2.20. The van der Waals surface area contributed by atoms with E-state index in [1.807, 2.05) is 28.7 Å². The number of nitriles is 1. The summed E-state index contributed by atoms with van der Waals surface area (Å²) in [6.07, 6.45) is 0. The van der Waals surface area contributed by atoms with E-state index >= 15 is 0 Å². The highest BCUT2D eigenvalue weighted by Crippen LogP contribution is 2.24. The Morgan fingerprint density at radius 1 is 1.64 bits per heavy atom. The van der Waals surface area contributed by atoms with Crippen LogP contribution in [0.3, 0.4) is 0 Å². The van der Waals surface area contributed by atoms with Gasteiger partial charge in [0, 0.05) is 3.57 Å². The molecule has 0 bridgehead atoms. The Kier molecular flexibility index (Phi) is 3.72. The molecular weight excluding hydrogens is 316 g/mol. The quantitative estimate of drug-likeness (QED) is 0.590. The van der Waals surface area contributed by atoms with Crippen LogP contribution in [-0.4, -0.2) is 13.1 Å². The number of nitrogens with zero attached hydrogens (tertiary/aromatic N) is 1. The van der Waals surface area contributed by atoms with Crippen LogP contribution in [0.15, 0.2) is 12.1 Å². The number of rotatable bonds is 1. The van der Waals surface area contributed by atoms with Crippen molar-refractivity contribution in [2.45, 2.75) is 0 Å². The molecule has 72 valence electrons. The third-order valence-corrected chi connectivity index (χ3v) is 3.34. The summed E-state index contributed by atoms with van der Waals surface area (Å²) < 4.78 is 5.15. The fourth-order valence-corrected chi connectivity index (χ4v) is 1.66. The van der Waals surface area contributed by atoms with Crippen LogP contribution in [0.4, 0.5) is 0 Å². The van der Waals surface area contributed by atoms with E-state index in [1.165, 1.54) is 19.2 Å². The van der Waals surface area contributed by atoms with Crippen LogP contribution < -0.4 is 0 Å². The van der Waals surface area contributed by atoms with Crippen molar-refractivity contribution in [2.75, 3.05) is 7.11 Å². The molecule has 0 N–H and O–H groups in total. The largest absolute Gasteiger partial charge is 0.465 e. The number of hydrogen-bond donors (Lipinski definition) is 0. The smallest absolute Gasteiger partial charge is 0.339 e. The number of hydrogen-bond acceptors (Lipinski definition) is 3. The minimum atomic E-state index is -0.492. The molecule has 0 aromatic heterocycles. The highest BCUT2D eigenvalue weighted by Gasteiger charge is 2.14. The molecule has 0 heterocycles. The van der Waals surface area contributed by atoms with Gasteiger partial charge in [0.15, 0.2) is 0 Å². The van der Waals surface area contributed by atoms with E-state index in [-0.39, 0.29) is 0 Å². The molecule has 0 aliphatic carbocycles. The summed E-state index contributed by atoms with van der Waals surface area (Å²) in [5.74, 6) is -0.492. The Balaban J connectivity index is 3.36. The molecule has 0 atom stereocenters. The number of methoxy groups -OCH3 is 1. The molecule has 0 aliphatic rings. The molecule has 1 aromatic carbocycles. The van der Waals surface area contributed by atoms with E-state index in [4.69, 9.17) is 16.9 Å². The first-order valence-electron chi connectivity index (χ1n) is 3.57. The fraction of sp³-hybridized carbons (Fsp3) is 0.111. The lowest BCUT2D eigenvalue weighted by Crippen LogP contribution is -2.04. The molecule has 5 heteroatoms. The van der Waals surface area contributed by atoms with Crippen molar-refractivity contribution in [3.63, 3.8) is 0 Å². The van der Waals surface area contributed by atoms with Crippen LogP contribution in [0, 0.1) is 14.9 Å². The molecule has 0 unspecified atom stereocenters. The van der Waals surface area contributed by atoms with E-state index in [0.717, 1.165) is 0 Å². The number of halogens is 2. The van der Waals surface area contributed by atoms with Crippen LogP contribution in [0.5, 0.6) is 0 Å². The monoisotopic (exact) mass is 321 g/mol. The number of esters is 1. The Morgan fingerprint density at radius 3 is 2.79 bits per heavy atom. The molecule has 0 saturated heterocycles. The summed E-state index contributed by atoms with van der Waals surface area (Å²) in [5, 5.41) is 9.05. The van der Waals surface area contributed by atoms with Gasteiger partial charge in [-0.2, -0.15) is 5.26 Å². The predicted molar refractivity (Wildman–Crippen MR) is 60.2 cm³/mol. The van der Waals surface area contributed by atoms with E-state index in [1.54, 1.807) is 0 Å². The third-order valence-electron chi connectivity index (χ3n) is 1.56. The van der Waals surface area contributed by atoms with Crippen molar-refractivity contribution in [3.8, 4) is 6.07 Å². The van der Waals surface area contributed by atoms with Crippen molar-refractivity contribution < 1.29 is 9.53 Å². The number of benzene rings is 1. The second-order valence-corrected chi connectivity index (χ2v) is 3.91. The van der Waals surface area contributed by atoms with Crippen LogP contribution in [0.1, 0.15) is 15.9 Å². The third kappa shape index (κ3) is 2.16. The molecular formula is C9H5ClINO2. The Hall–Kier alpha value is -0.800. The van der Waals surface area contributed by atoms with Gasteiger partial charge in [-0.15, -0.1) is 0 Å². The van der Waals surface area contributed by atoms with Crippen molar-refractivity contribution >= 4 is 40.2 Å². The van der Waals surface area contributed by atoms with Gasteiger partial charge in [-0.05, 0) is 34.7 Å². The summed E-state index contributed by atoms with van der Waals surface area (Å²) in [7, 11) is 1.28. The molecule has 1 aromatic rings. The lowest BCUT2D eigenvalue weighted by molar-refractivity contribution is 0.0599. The number of ether oxygens (including phenoxy) is 1. The highest BCUT2D eigenvalue weighted by molar-refractivity contribution is 14.1. The topological polar surface area (TPSA) is 50.1 Å². The summed E-state index contributed by atoms with van der Waals surface area (Å²) in [4.78, 5) is 11.3. The lowest BCUT2D eigenvalue weighted by atomic mass is 10.1. The number of carbonyl (C=O) groups is 1. The van der Waals surface area contributed by atoms with E-state index in [9.17, 15) is 4.79 Å². The highest BCUT2D eigenvalue weighted by atomic mass is 127. The lowest BCUT2D eigenvalue weighted by Gasteiger charge is -2.04. The zero-order valence-electron chi connectivity index (χ0n) is 7.17. The van der Waals surface area contributed by atoms with Crippen LogP contribution in [-0.2, 0) is 4.74 Å². The van der Waals surface area contributed by atoms with Gasteiger partial charge in [0.25, 0.3) is 0 Å². The van der Waals surface area contributed by atoms with E-state index < -0.39 is 5.97 Å². The minimum Gasteiger partial charge on any atom is -0.465 e. The van der Waals surface area contributed by atoms with Crippen molar-refractivity contribution in [1.29, 1.82) is 5.26 Å². The van der Waals surface area contributed by atoms with Gasteiger partial charge in [-0.1, -0.05) is 11.6 Å². The van der Waals surface area contributed by atoms with Crippen molar-refractivity contribution in [3.05, 3.63) is 31.9 Å². The molecule has 0 saturated carbocycles. The molecule has 1 rings (SSSR count). The fourth-order valence-electron chi connectivity index (χ4n) is 0.912. The Labute approximate surface area is 99.8 Å². The minimum absolute atomic E-state index is 0.317. The zero-order chi connectivity index (χ0) is 10.7. The molecule has 0 radical (unpaired) electrons. The molecule has 3 nitrogen and oxygen atoms in total. The van der Waals surface area contributed by atoms with Crippen LogP contribution in [0.2, 0.25) is 5.02 Å². The molecule has 0 fully saturated rings. The molecule has 14 heavy (non-hydrogen) atoms. The van der Waals surface area contributed by atoms with Crippen molar-refractivity contribution in [2.24, 2.45) is 0 Å². The van der Waals surface area contributed by atoms with Gasteiger partial charge in [-0.3, -0.25) is 0 Å². The first-order valence-corrected chi connectivity index (χ1v) is 5.03. The van der Waals surface area contributed by atoms with Crippen molar-refractivity contribution in [1.82, 2.24) is 0 Å². The summed E-state index contributed by atoms with van der Waals surface area (Å²) in [6, 6.07) is 4.89.